The van der Waals surface area contributed by atoms with E-state index < -0.39 is 0 Å². The van der Waals surface area contributed by atoms with Crippen molar-refractivity contribution in [3.8, 4) is 0 Å². The highest BCUT2D eigenvalue weighted by Crippen LogP contribution is 2.42. The molecule has 0 aromatic heterocycles. The monoisotopic (exact) mass is 286 g/mol. The molecule has 4 heteroatoms. The number of fused-ring (bicyclic) bond motifs is 1. The summed E-state index contributed by atoms with van der Waals surface area (Å²) in [4.78, 5) is 5.12. The molecule has 2 atom stereocenters. The molecular formula is C16H34N2O2. The van der Waals surface area contributed by atoms with Crippen LogP contribution in [0, 0.1) is 0 Å². The number of methoxy groups -OCH3 is 2. The lowest BCUT2D eigenvalue weighted by atomic mass is 9.95. The number of rotatable bonds is 7. The van der Waals surface area contributed by atoms with Crippen LogP contribution in [-0.4, -0.2) is 75.5 Å². The van der Waals surface area contributed by atoms with Crippen molar-refractivity contribution in [2.24, 2.45) is 0 Å². The lowest BCUT2D eigenvalue weighted by molar-refractivity contribution is 0.0419. The molecule has 0 saturated carbocycles. The molecule has 2 aliphatic heterocycles. The summed E-state index contributed by atoms with van der Waals surface area (Å²) in [6.07, 6.45) is 5.28. The van der Waals surface area contributed by atoms with Crippen LogP contribution < -0.4 is 0 Å². The fourth-order valence-corrected chi connectivity index (χ4v) is 3.77. The Balaban J connectivity index is 0.000000956. The number of hydrogen-bond acceptors (Lipinski definition) is 4. The maximum Gasteiger partial charge on any atom is 0.0646 e. The summed E-state index contributed by atoms with van der Waals surface area (Å²) in [5, 5.41) is 0. The van der Waals surface area contributed by atoms with Crippen LogP contribution in [0.3, 0.4) is 0 Å². The molecule has 2 heterocycles. The molecule has 120 valence electrons. The van der Waals surface area contributed by atoms with Gasteiger partial charge in [0.2, 0.25) is 0 Å². The predicted molar refractivity (Wildman–Crippen MR) is 84.3 cm³/mol. The molecule has 0 amide bonds. The number of nitrogens with zero attached hydrogens (tertiary/aromatic N) is 2. The highest BCUT2D eigenvalue weighted by atomic mass is 16.5. The van der Waals surface area contributed by atoms with Crippen molar-refractivity contribution in [3.63, 3.8) is 0 Å². The third-order valence-corrected chi connectivity index (χ3v) is 4.65. The van der Waals surface area contributed by atoms with Crippen molar-refractivity contribution in [1.29, 1.82) is 0 Å². The second kappa shape index (κ2) is 8.98. The van der Waals surface area contributed by atoms with Gasteiger partial charge < -0.3 is 14.4 Å². The lowest BCUT2D eigenvalue weighted by Crippen LogP contribution is -2.48. The van der Waals surface area contributed by atoms with Gasteiger partial charge in [-0.15, -0.1) is 0 Å². The Morgan fingerprint density at radius 1 is 1.20 bits per heavy atom. The summed E-state index contributed by atoms with van der Waals surface area (Å²) in [6, 6.07) is 0.713. The molecule has 2 fully saturated rings. The standard InChI is InChI=1S/C14H28N2O2.C2H6/c1-15(9-10-17-2)11-13-5-7-14(12-18-3)6-4-8-16(13)14;1-2/h13H,4-12H2,1-3H3;1-2H3. The van der Waals surface area contributed by atoms with E-state index in [1.54, 1.807) is 7.11 Å². The first kappa shape index (κ1) is 17.9. The molecule has 2 saturated heterocycles. The molecule has 0 aliphatic carbocycles. The van der Waals surface area contributed by atoms with Gasteiger partial charge in [0.05, 0.1) is 13.2 Å². The Bertz CT molecular complexity index is 263. The summed E-state index contributed by atoms with van der Waals surface area (Å²) in [5.41, 5.74) is 0.363. The Morgan fingerprint density at radius 2 is 1.95 bits per heavy atom. The van der Waals surface area contributed by atoms with Crippen LogP contribution in [0.5, 0.6) is 0 Å². The first-order valence-electron chi connectivity index (χ1n) is 8.15. The lowest BCUT2D eigenvalue weighted by Gasteiger charge is -2.35. The first-order valence-corrected chi connectivity index (χ1v) is 8.15. The third-order valence-electron chi connectivity index (χ3n) is 4.65. The molecule has 2 unspecified atom stereocenters. The van der Waals surface area contributed by atoms with E-state index in [1.165, 1.54) is 32.2 Å². The summed E-state index contributed by atoms with van der Waals surface area (Å²) in [7, 11) is 5.81. The quantitative estimate of drug-likeness (QED) is 0.716. The predicted octanol–water partition coefficient (Wildman–Crippen LogP) is 2.23. The van der Waals surface area contributed by atoms with Gasteiger partial charge in [-0.1, -0.05) is 13.8 Å². The zero-order chi connectivity index (χ0) is 15.0. The second-order valence-electron chi connectivity index (χ2n) is 5.90. The minimum Gasteiger partial charge on any atom is -0.383 e. The normalized spacial score (nSPS) is 29.4. The van der Waals surface area contributed by atoms with Crippen molar-refractivity contribution < 1.29 is 9.47 Å². The number of ether oxygens (including phenoxy) is 2. The van der Waals surface area contributed by atoms with Crippen LogP contribution >= 0.6 is 0 Å². The van der Waals surface area contributed by atoms with Crippen LogP contribution in [0.2, 0.25) is 0 Å². The van der Waals surface area contributed by atoms with E-state index in [4.69, 9.17) is 9.47 Å². The van der Waals surface area contributed by atoms with Gasteiger partial charge in [-0.2, -0.15) is 0 Å². The minimum absolute atomic E-state index is 0.363. The smallest absolute Gasteiger partial charge is 0.0646 e. The van der Waals surface area contributed by atoms with Gasteiger partial charge in [0.1, 0.15) is 0 Å². The van der Waals surface area contributed by atoms with Crippen LogP contribution in [-0.2, 0) is 9.47 Å². The zero-order valence-corrected chi connectivity index (χ0v) is 14.2. The van der Waals surface area contributed by atoms with Crippen LogP contribution in [0.1, 0.15) is 39.5 Å². The number of likely N-dealkylation sites (N-methyl/N-ethyl adjacent to an activating group) is 1. The SMILES string of the molecule is CC.COCCN(C)CC1CCC2(COC)CCCN12. The van der Waals surface area contributed by atoms with Crippen molar-refractivity contribution in [3.05, 3.63) is 0 Å². The Morgan fingerprint density at radius 3 is 2.60 bits per heavy atom. The third kappa shape index (κ3) is 4.17. The van der Waals surface area contributed by atoms with Crippen molar-refractivity contribution in [2.75, 3.05) is 54.1 Å². The Kier molecular flexibility index (Phi) is 8.03. The van der Waals surface area contributed by atoms with Gasteiger partial charge in [-0.3, -0.25) is 4.90 Å². The van der Waals surface area contributed by atoms with Crippen molar-refractivity contribution >= 4 is 0 Å². The van der Waals surface area contributed by atoms with Gasteiger partial charge >= 0.3 is 0 Å². The zero-order valence-electron chi connectivity index (χ0n) is 14.2. The van der Waals surface area contributed by atoms with Crippen molar-refractivity contribution in [1.82, 2.24) is 9.80 Å². The topological polar surface area (TPSA) is 24.9 Å². The fraction of sp³-hybridized carbons (Fsp3) is 1.00. The van der Waals surface area contributed by atoms with Crippen LogP contribution in [0.15, 0.2) is 0 Å². The second-order valence-corrected chi connectivity index (χ2v) is 5.90. The minimum atomic E-state index is 0.363. The summed E-state index contributed by atoms with van der Waals surface area (Å²) < 4.78 is 10.6. The maximum absolute atomic E-state index is 5.47. The molecule has 0 aromatic carbocycles. The maximum atomic E-state index is 5.47. The van der Waals surface area contributed by atoms with Crippen molar-refractivity contribution in [2.45, 2.75) is 51.1 Å². The summed E-state index contributed by atoms with van der Waals surface area (Å²) >= 11 is 0. The molecule has 2 rings (SSSR count). The average Bonchev–Trinajstić information content (AvgIpc) is 3.00. The average molecular weight is 286 g/mol. The van der Waals surface area contributed by atoms with E-state index in [2.05, 4.69) is 16.8 Å². The van der Waals surface area contributed by atoms with E-state index >= 15 is 0 Å². The molecule has 0 radical (unpaired) electrons. The summed E-state index contributed by atoms with van der Waals surface area (Å²) in [6.45, 7) is 9.18. The largest absolute Gasteiger partial charge is 0.383 e. The molecule has 0 aromatic rings. The van der Waals surface area contributed by atoms with Gasteiger partial charge in [-0.05, 0) is 39.3 Å². The molecular weight excluding hydrogens is 252 g/mol. The van der Waals surface area contributed by atoms with E-state index in [9.17, 15) is 0 Å². The Hall–Kier alpha value is -0.160. The molecule has 4 nitrogen and oxygen atoms in total. The van der Waals surface area contributed by atoms with E-state index in [-0.39, 0.29) is 0 Å². The van der Waals surface area contributed by atoms with Gasteiger partial charge in [-0.25, -0.2) is 0 Å². The van der Waals surface area contributed by atoms with E-state index in [1.807, 2.05) is 21.0 Å². The fourth-order valence-electron chi connectivity index (χ4n) is 3.77. The molecule has 0 spiro atoms. The highest BCUT2D eigenvalue weighted by molar-refractivity contribution is 5.04. The van der Waals surface area contributed by atoms with E-state index in [0.717, 1.165) is 26.3 Å². The van der Waals surface area contributed by atoms with Gasteiger partial charge in [0.15, 0.2) is 0 Å². The summed E-state index contributed by atoms with van der Waals surface area (Å²) in [5.74, 6) is 0. The van der Waals surface area contributed by atoms with Crippen LogP contribution in [0.25, 0.3) is 0 Å². The molecule has 20 heavy (non-hydrogen) atoms. The Labute approximate surface area is 125 Å². The first-order chi connectivity index (χ1) is 9.72. The molecule has 2 aliphatic rings. The molecule has 0 N–H and O–H groups in total. The number of hydrogen-bond donors (Lipinski definition) is 0. The highest BCUT2D eigenvalue weighted by Gasteiger charge is 2.48. The van der Waals surface area contributed by atoms with Gasteiger partial charge in [0.25, 0.3) is 0 Å². The molecule has 0 bridgehead atoms. The van der Waals surface area contributed by atoms with E-state index in [0.29, 0.717) is 11.6 Å². The van der Waals surface area contributed by atoms with Crippen LogP contribution in [0.4, 0.5) is 0 Å². The van der Waals surface area contributed by atoms with Gasteiger partial charge in [0, 0.05) is 38.9 Å².